The van der Waals surface area contributed by atoms with Crippen LogP contribution in [-0.4, -0.2) is 27.9 Å². The first-order valence-electron chi connectivity index (χ1n) is 13.5. The Hall–Kier alpha value is -5.36. The zero-order chi connectivity index (χ0) is 28.2. The molecule has 0 bridgehead atoms. The van der Waals surface area contributed by atoms with Gasteiger partial charge in [-0.3, -0.25) is 4.79 Å². The number of rotatable bonds is 7. The standard InChI is InChI=1S/C35H27N3O3/c1-2-31(34(39)38-28-19-11-17-23-12-9-10-18-27(23)28)41-35(40)26-20-21-29-30(22-26)37-33(25-15-7-4-8-16-25)32(36-29)24-13-5-3-6-14-24/h3-22,31H,2H2,1H3,(H,38,39). The highest BCUT2D eigenvalue weighted by Gasteiger charge is 2.23. The molecule has 5 aromatic carbocycles. The molecule has 0 fully saturated rings. The number of aromatic nitrogens is 2. The van der Waals surface area contributed by atoms with Gasteiger partial charge in [-0.2, -0.15) is 0 Å². The molecule has 0 aliphatic rings. The maximum Gasteiger partial charge on any atom is 0.338 e. The van der Waals surface area contributed by atoms with E-state index < -0.39 is 12.1 Å². The largest absolute Gasteiger partial charge is 0.449 e. The van der Waals surface area contributed by atoms with E-state index in [2.05, 4.69) is 5.32 Å². The van der Waals surface area contributed by atoms with Crippen LogP contribution in [0, 0.1) is 0 Å². The smallest absolute Gasteiger partial charge is 0.338 e. The van der Waals surface area contributed by atoms with Crippen molar-refractivity contribution in [2.24, 2.45) is 0 Å². The predicted octanol–water partition coefficient (Wildman–Crippen LogP) is 7.69. The number of fused-ring (bicyclic) bond motifs is 2. The van der Waals surface area contributed by atoms with Crippen molar-refractivity contribution in [1.29, 1.82) is 0 Å². The summed E-state index contributed by atoms with van der Waals surface area (Å²) in [6, 6.07) is 38.3. The zero-order valence-electron chi connectivity index (χ0n) is 22.5. The Labute approximate surface area is 237 Å². The quantitative estimate of drug-likeness (QED) is 0.211. The van der Waals surface area contributed by atoms with Crippen molar-refractivity contribution in [3.63, 3.8) is 0 Å². The summed E-state index contributed by atoms with van der Waals surface area (Å²) in [5.74, 6) is -0.973. The second-order valence-electron chi connectivity index (χ2n) is 9.67. The summed E-state index contributed by atoms with van der Waals surface area (Å²) in [5, 5.41) is 4.86. The molecule has 0 radical (unpaired) electrons. The van der Waals surface area contributed by atoms with E-state index in [1.807, 2.05) is 110 Å². The maximum atomic E-state index is 13.2. The fourth-order valence-electron chi connectivity index (χ4n) is 4.84. The highest BCUT2D eigenvalue weighted by molar-refractivity contribution is 6.04. The van der Waals surface area contributed by atoms with Crippen LogP contribution in [0.1, 0.15) is 23.7 Å². The molecule has 6 nitrogen and oxygen atoms in total. The average molecular weight is 538 g/mol. The molecule has 1 aromatic heterocycles. The fourth-order valence-corrected chi connectivity index (χ4v) is 4.84. The third kappa shape index (κ3) is 5.40. The van der Waals surface area contributed by atoms with Gasteiger partial charge in [0.15, 0.2) is 6.10 Å². The molecule has 0 spiro atoms. The van der Waals surface area contributed by atoms with Crippen LogP contribution in [0.5, 0.6) is 0 Å². The molecule has 0 saturated carbocycles. The molecule has 1 atom stereocenters. The Morgan fingerprint density at radius 3 is 2.00 bits per heavy atom. The summed E-state index contributed by atoms with van der Waals surface area (Å²) in [4.78, 5) is 36.2. The molecule has 6 rings (SSSR count). The number of amides is 1. The summed E-state index contributed by atoms with van der Waals surface area (Å²) in [6.45, 7) is 1.81. The lowest BCUT2D eigenvalue weighted by atomic mass is 10.0. The number of hydrogen-bond donors (Lipinski definition) is 1. The van der Waals surface area contributed by atoms with E-state index in [0.29, 0.717) is 28.7 Å². The van der Waals surface area contributed by atoms with Crippen LogP contribution in [0.25, 0.3) is 44.3 Å². The minimum Gasteiger partial charge on any atom is -0.449 e. The molecule has 1 amide bonds. The number of ether oxygens (including phenoxy) is 1. The molecule has 1 N–H and O–H groups in total. The molecule has 0 saturated heterocycles. The van der Waals surface area contributed by atoms with Gasteiger partial charge in [0.2, 0.25) is 0 Å². The van der Waals surface area contributed by atoms with Crippen LogP contribution in [0.15, 0.2) is 121 Å². The number of anilines is 1. The Morgan fingerprint density at radius 2 is 1.32 bits per heavy atom. The van der Waals surface area contributed by atoms with Gasteiger partial charge in [-0.25, -0.2) is 14.8 Å². The van der Waals surface area contributed by atoms with Crippen LogP contribution in [0.4, 0.5) is 5.69 Å². The van der Waals surface area contributed by atoms with Crippen LogP contribution in [0.3, 0.4) is 0 Å². The van der Waals surface area contributed by atoms with Crippen molar-refractivity contribution in [2.75, 3.05) is 5.32 Å². The minimum absolute atomic E-state index is 0.301. The topological polar surface area (TPSA) is 81.2 Å². The van der Waals surface area contributed by atoms with Gasteiger partial charge in [0.1, 0.15) is 0 Å². The maximum absolute atomic E-state index is 13.2. The molecule has 6 heteroatoms. The monoisotopic (exact) mass is 537 g/mol. The first kappa shape index (κ1) is 25.9. The lowest BCUT2D eigenvalue weighted by Crippen LogP contribution is -2.32. The highest BCUT2D eigenvalue weighted by atomic mass is 16.5. The van der Waals surface area contributed by atoms with E-state index in [4.69, 9.17) is 14.7 Å². The van der Waals surface area contributed by atoms with E-state index in [9.17, 15) is 9.59 Å². The minimum atomic E-state index is -0.955. The molecule has 0 aliphatic carbocycles. The Kier molecular flexibility index (Phi) is 7.20. The summed E-state index contributed by atoms with van der Waals surface area (Å²) < 4.78 is 5.69. The molecular formula is C35H27N3O3. The second kappa shape index (κ2) is 11.4. The van der Waals surface area contributed by atoms with Crippen molar-refractivity contribution >= 4 is 39.4 Å². The Balaban J connectivity index is 1.28. The summed E-state index contributed by atoms with van der Waals surface area (Å²) in [6.07, 6.45) is -0.627. The van der Waals surface area contributed by atoms with E-state index in [-0.39, 0.29) is 5.91 Å². The van der Waals surface area contributed by atoms with Gasteiger partial charge >= 0.3 is 5.97 Å². The van der Waals surface area contributed by atoms with Gasteiger partial charge in [-0.05, 0) is 36.1 Å². The Morgan fingerprint density at radius 1 is 0.707 bits per heavy atom. The van der Waals surface area contributed by atoms with E-state index in [1.54, 1.807) is 18.2 Å². The first-order valence-corrected chi connectivity index (χ1v) is 13.5. The van der Waals surface area contributed by atoms with Crippen LogP contribution >= 0.6 is 0 Å². The highest BCUT2D eigenvalue weighted by Crippen LogP contribution is 2.31. The average Bonchev–Trinajstić information content (AvgIpc) is 3.03. The SMILES string of the molecule is CCC(OC(=O)c1ccc2nc(-c3ccccc3)c(-c3ccccc3)nc2c1)C(=O)Nc1cccc2ccccc12. The molecular weight excluding hydrogens is 510 g/mol. The van der Waals surface area contributed by atoms with Crippen molar-refractivity contribution in [1.82, 2.24) is 9.97 Å². The predicted molar refractivity (Wildman–Crippen MR) is 162 cm³/mol. The number of nitrogens with one attached hydrogen (secondary N) is 1. The van der Waals surface area contributed by atoms with Gasteiger partial charge in [0.25, 0.3) is 5.91 Å². The Bertz CT molecular complexity index is 1870. The van der Waals surface area contributed by atoms with Crippen LogP contribution < -0.4 is 5.32 Å². The van der Waals surface area contributed by atoms with Gasteiger partial charge in [0.05, 0.1) is 28.0 Å². The lowest BCUT2D eigenvalue weighted by molar-refractivity contribution is -0.124. The normalized spacial score (nSPS) is 11.7. The number of nitrogens with zero attached hydrogens (tertiary/aromatic N) is 2. The van der Waals surface area contributed by atoms with Gasteiger partial charge in [0, 0.05) is 22.2 Å². The molecule has 1 heterocycles. The second-order valence-corrected chi connectivity index (χ2v) is 9.67. The number of benzene rings is 5. The van der Waals surface area contributed by atoms with Crippen molar-refractivity contribution < 1.29 is 14.3 Å². The van der Waals surface area contributed by atoms with Crippen LogP contribution in [0.2, 0.25) is 0 Å². The van der Waals surface area contributed by atoms with Crippen molar-refractivity contribution in [2.45, 2.75) is 19.4 Å². The van der Waals surface area contributed by atoms with Crippen molar-refractivity contribution in [3.8, 4) is 22.5 Å². The molecule has 41 heavy (non-hydrogen) atoms. The van der Waals surface area contributed by atoms with E-state index >= 15 is 0 Å². The number of carbonyl (C=O) groups is 2. The van der Waals surface area contributed by atoms with Crippen molar-refractivity contribution in [3.05, 3.63) is 127 Å². The number of hydrogen-bond acceptors (Lipinski definition) is 5. The first-order chi connectivity index (χ1) is 20.1. The lowest BCUT2D eigenvalue weighted by Gasteiger charge is -2.17. The molecule has 0 aliphatic heterocycles. The summed E-state index contributed by atoms with van der Waals surface area (Å²) in [5.41, 5.74) is 5.54. The number of esters is 1. The molecule has 6 aromatic rings. The van der Waals surface area contributed by atoms with Crippen LogP contribution in [-0.2, 0) is 9.53 Å². The third-order valence-electron chi connectivity index (χ3n) is 6.95. The van der Waals surface area contributed by atoms with E-state index in [1.165, 1.54) is 0 Å². The van der Waals surface area contributed by atoms with Gasteiger partial charge in [-0.1, -0.05) is 104 Å². The van der Waals surface area contributed by atoms with Gasteiger partial charge < -0.3 is 10.1 Å². The molecule has 200 valence electrons. The van der Waals surface area contributed by atoms with E-state index in [0.717, 1.165) is 33.3 Å². The zero-order valence-corrected chi connectivity index (χ0v) is 22.5. The summed E-state index contributed by atoms with van der Waals surface area (Å²) >= 11 is 0. The fraction of sp³-hybridized carbons (Fsp3) is 0.0857. The summed E-state index contributed by atoms with van der Waals surface area (Å²) in [7, 11) is 0. The van der Waals surface area contributed by atoms with Gasteiger partial charge in [-0.15, -0.1) is 0 Å². The molecule has 1 unspecified atom stereocenters. The third-order valence-corrected chi connectivity index (χ3v) is 6.95. The number of carbonyl (C=O) groups excluding carboxylic acids is 2.